The van der Waals surface area contributed by atoms with Gasteiger partial charge in [0.15, 0.2) is 0 Å². The molecule has 0 radical (unpaired) electrons. The number of aromatic nitrogens is 1. The van der Waals surface area contributed by atoms with E-state index >= 15 is 0 Å². The normalized spacial score (nSPS) is 13.2. The average molecular weight is 305 g/mol. The van der Waals surface area contributed by atoms with Crippen LogP contribution in [0.25, 0.3) is 11.3 Å². The van der Waals surface area contributed by atoms with Gasteiger partial charge >= 0.3 is 0 Å². The van der Waals surface area contributed by atoms with Crippen LogP contribution in [0.2, 0.25) is 5.02 Å². The van der Waals surface area contributed by atoms with Crippen LogP contribution in [0, 0.1) is 0 Å². The molecule has 112 valence electrons. The Morgan fingerprint density at radius 3 is 2.43 bits per heavy atom. The number of nitrogens with one attached hydrogen (secondary N) is 1. The van der Waals surface area contributed by atoms with E-state index in [1.165, 1.54) is 0 Å². The van der Waals surface area contributed by atoms with E-state index in [1.54, 1.807) is 0 Å². The highest BCUT2D eigenvalue weighted by Gasteiger charge is 2.15. The first-order valence-electron chi connectivity index (χ1n) is 7.01. The van der Waals surface area contributed by atoms with Crippen molar-refractivity contribution >= 4 is 11.6 Å². The zero-order valence-corrected chi connectivity index (χ0v) is 13.4. The lowest BCUT2D eigenvalue weighted by molar-refractivity contribution is 0.159. The molecule has 0 bridgehead atoms. The number of benzene rings is 1. The van der Waals surface area contributed by atoms with Crippen LogP contribution in [-0.4, -0.2) is 22.2 Å². The largest absolute Gasteiger partial charge is 0.385 e. The zero-order chi connectivity index (χ0) is 15.5. The van der Waals surface area contributed by atoms with Crippen molar-refractivity contribution in [2.24, 2.45) is 0 Å². The summed E-state index contributed by atoms with van der Waals surface area (Å²) in [6.45, 7) is 6.67. The minimum Gasteiger partial charge on any atom is -0.385 e. The van der Waals surface area contributed by atoms with Gasteiger partial charge in [-0.2, -0.15) is 0 Å². The van der Waals surface area contributed by atoms with Gasteiger partial charge in [-0.05, 0) is 45.0 Å². The van der Waals surface area contributed by atoms with E-state index < -0.39 is 6.10 Å². The second kappa shape index (κ2) is 6.56. The molecule has 0 saturated heterocycles. The molecule has 21 heavy (non-hydrogen) atoms. The third kappa shape index (κ3) is 4.81. The molecule has 0 saturated carbocycles. The Morgan fingerprint density at radius 2 is 1.81 bits per heavy atom. The molecule has 0 aliphatic rings. The van der Waals surface area contributed by atoms with Crippen molar-refractivity contribution < 1.29 is 5.11 Å². The molecule has 3 nitrogen and oxygen atoms in total. The maximum absolute atomic E-state index is 10.3. The molecule has 2 aromatic rings. The zero-order valence-electron chi connectivity index (χ0n) is 12.6. The number of halogens is 1. The van der Waals surface area contributed by atoms with E-state index in [0.29, 0.717) is 17.3 Å². The Labute approximate surface area is 131 Å². The molecule has 1 atom stereocenters. The van der Waals surface area contributed by atoms with Gasteiger partial charge in [-0.3, -0.25) is 4.98 Å². The Balaban J connectivity index is 2.15. The van der Waals surface area contributed by atoms with Gasteiger partial charge in [0.25, 0.3) is 0 Å². The lowest BCUT2D eigenvalue weighted by Crippen LogP contribution is -2.38. The molecule has 1 aromatic heterocycles. The molecular formula is C17H21ClN2O. The summed E-state index contributed by atoms with van der Waals surface area (Å²) in [6, 6.07) is 13.2. The van der Waals surface area contributed by atoms with Crippen LogP contribution in [-0.2, 0) is 0 Å². The lowest BCUT2D eigenvalue weighted by Gasteiger charge is -2.22. The minimum atomic E-state index is -0.628. The number of rotatable bonds is 4. The smallest absolute Gasteiger partial charge is 0.108 e. The maximum Gasteiger partial charge on any atom is 0.108 e. The highest BCUT2D eigenvalue weighted by atomic mass is 35.5. The van der Waals surface area contributed by atoms with E-state index in [-0.39, 0.29) is 5.54 Å². The fraction of sp³-hybridized carbons (Fsp3) is 0.353. The second-order valence-electron chi connectivity index (χ2n) is 6.10. The highest BCUT2D eigenvalue weighted by molar-refractivity contribution is 6.30. The summed E-state index contributed by atoms with van der Waals surface area (Å²) in [4.78, 5) is 4.54. The van der Waals surface area contributed by atoms with Gasteiger partial charge in [0.2, 0.25) is 0 Å². The predicted molar refractivity (Wildman–Crippen MR) is 87.4 cm³/mol. The Bertz CT molecular complexity index is 590. The van der Waals surface area contributed by atoms with Crippen LogP contribution in [0.3, 0.4) is 0 Å². The molecule has 1 unspecified atom stereocenters. The average Bonchev–Trinajstić information content (AvgIpc) is 2.45. The summed E-state index contributed by atoms with van der Waals surface area (Å²) in [5, 5.41) is 14.2. The summed E-state index contributed by atoms with van der Waals surface area (Å²) in [7, 11) is 0. The predicted octanol–water partition coefficient (Wildman–Crippen LogP) is 3.82. The van der Waals surface area contributed by atoms with E-state index in [9.17, 15) is 5.11 Å². The summed E-state index contributed by atoms with van der Waals surface area (Å²) in [5.41, 5.74) is 2.45. The first-order valence-corrected chi connectivity index (χ1v) is 7.39. The molecular weight excluding hydrogens is 284 g/mol. The summed E-state index contributed by atoms with van der Waals surface area (Å²) >= 11 is 5.90. The van der Waals surface area contributed by atoms with Crippen molar-refractivity contribution in [2.45, 2.75) is 32.4 Å². The molecule has 1 heterocycles. The molecule has 0 fully saturated rings. The van der Waals surface area contributed by atoms with Crippen LogP contribution < -0.4 is 5.32 Å². The number of aliphatic hydroxyl groups is 1. The number of aliphatic hydroxyl groups excluding tert-OH is 1. The molecule has 0 amide bonds. The van der Waals surface area contributed by atoms with Crippen LogP contribution in [0.1, 0.15) is 32.6 Å². The lowest BCUT2D eigenvalue weighted by atomic mass is 10.1. The number of β-amino-alcohol motifs (C(OH)–C–C–N with tert-alkyl or cyclic N) is 1. The highest BCUT2D eigenvalue weighted by Crippen LogP contribution is 2.21. The standard InChI is InChI=1S/C17H21ClN2O/c1-17(2,3)19-11-16(21)15-6-4-5-14(20-15)12-7-9-13(18)10-8-12/h4-10,16,19,21H,11H2,1-3H3. The number of nitrogens with zero attached hydrogens (tertiary/aromatic N) is 1. The molecule has 2 rings (SSSR count). The Kier molecular flexibility index (Phi) is 4.99. The van der Waals surface area contributed by atoms with Crippen LogP contribution in [0.4, 0.5) is 0 Å². The van der Waals surface area contributed by atoms with Gasteiger partial charge in [-0.15, -0.1) is 0 Å². The Hall–Kier alpha value is -1.42. The van der Waals surface area contributed by atoms with Crippen molar-refractivity contribution in [3.63, 3.8) is 0 Å². The van der Waals surface area contributed by atoms with Gasteiger partial charge in [-0.1, -0.05) is 29.8 Å². The fourth-order valence-electron chi connectivity index (χ4n) is 1.93. The van der Waals surface area contributed by atoms with Crippen molar-refractivity contribution in [3.8, 4) is 11.3 Å². The monoisotopic (exact) mass is 304 g/mol. The molecule has 0 spiro atoms. The summed E-state index contributed by atoms with van der Waals surface area (Å²) in [5.74, 6) is 0. The van der Waals surface area contributed by atoms with E-state index in [4.69, 9.17) is 11.6 Å². The molecule has 4 heteroatoms. The van der Waals surface area contributed by atoms with E-state index in [0.717, 1.165) is 11.3 Å². The quantitative estimate of drug-likeness (QED) is 0.902. The third-order valence-electron chi connectivity index (χ3n) is 3.08. The first-order chi connectivity index (χ1) is 9.85. The summed E-state index contributed by atoms with van der Waals surface area (Å²) < 4.78 is 0. The Morgan fingerprint density at radius 1 is 1.14 bits per heavy atom. The molecule has 2 N–H and O–H groups in total. The van der Waals surface area contributed by atoms with E-state index in [2.05, 4.69) is 31.1 Å². The van der Waals surface area contributed by atoms with Gasteiger partial charge in [0, 0.05) is 22.7 Å². The number of hydrogen-bond acceptors (Lipinski definition) is 3. The van der Waals surface area contributed by atoms with Crippen molar-refractivity contribution in [3.05, 3.63) is 53.2 Å². The van der Waals surface area contributed by atoms with Crippen molar-refractivity contribution in [1.29, 1.82) is 0 Å². The fourth-order valence-corrected chi connectivity index (χ4v) is 2.05. The molecule has 0 aliphatic heterocycles. The van der Waals surface area contributed by atoms with Gasteiger partial charge in [-0.25, -0.2) is 0 Å². The SMILES string of the molecule is CC(C)(C)NCC(O)c1cccc(-c2ccc(Cl)cc2)n1. The van der Waals surface area contributed by atoms with Crippen molar-refractivity contribution in [2.75, 3.05) is 6.54 Å². The second-order valence-corrected chi connectivity index (χ2v) is 6.54. The van der Waals surface area contributed by atoms with Crippen LogP contribution in [0.15, 0.2) is 42.5 Å². The van der Waals surface area contributed by atoms with Gasteiger partial charge in [0.05, 0.1) is 11.4 Å². The number of hydrogen-bond donors (Lipinski definition) is 2. The maximum atomic E-state index is 10.3. The van der Waals surface area contributed by atoms with Gasteiger partial charge < -0.3 is 10.4 Å². The molecule has 0 aliphatic carbocycles. The minimum absolute atomic E-state index is 0.0330. The summed E-state index contributed by atoms with van der Waals surface area (Å²) in [6.07, 6.45) is -0.628. The number of pyridine rings is 1. The van der Waals surface area contributed by atoms with E-state index in [1.807, 2.05) is 42.5 Å². The first kappa shape index (κ1) is 16.0. The van der Waals surface area contributed by atoms with Crippen molar-refractivity contribution in [1.82, 2.24) is 10.3 Å². The van der Waals surface area contributed by atoms with Gasteiger partial charge in [0.1, 0.15) is 6.10 Å². The molecule has 1 aromatic carbocycles. The third-order valence-corrected chi connectivity index (χ3v) is 3.33. The topological polar surface area (TPSA) is 45.1 Å². The van der Waals surface area contributed by atoms with Crippen LogP contribution in [0.5, 0.6) is 0 Å². The van der Waals surface area contributed by atoms with Crippen LogP contribution >= 0.6 is 11.6 Å².